The van der Waals surface area contributed by atoms with Gasteiger partial charge in [0.25, 0.3) is 0 Å². The van der Waals surface area contributed by atoms with E-state index in [0.29, 0.717) is 6.54 Å². The molecule has 1 saturated carbocycles. The van der Waals surface area contributed by atoms with Crippen LogP contribution in [-0.2, 0) is 4.79 Å². The maximum atomic E-state index is 11.5. The second-order valence-electron chi connectivity index (χ2n) is 4.79. The Morgan fingerprint density at radius 3 is 2.50 bits per heavy atom. The Hall–Kier alpha value is -0.570. The van der Waals surface area contributed by atoms with Gasteiger partial charge in [-0.3, -0.25) is 9.69 Å². The highest BCUT2D eigenvalue weighted by molar-refractivity contribution is 5.77. The second kappa shape index (κ2) is 7.66. The highest BCUT2D eigenvalue weighted by Gasteiger charge is 2.17. The van der Waals surface area contributed by atoms with Crippen LogP contribution in [0.1, 0.15) is 46.0 Å². The Labute approximate surface area is 99.6 Å². The third-order valence-electron chi connectivity index (χ3n) is 3.43. The predicted molar refractivity (Wildman–Crippen MR) is 67.4 cm³/mol. The molecule has 0 aromatic rings. The first-order chi connectivity index (χ1) is 7.76. The van der Waals surface area contributed by atoms with E-state index in [4.69, 9.17) is 0 Å². The molecule has 0 saturated heterocycles. The average molecular weight is 226 g/mol. The number of hydrogen-bond donors (Lipinski definition) is 1. The van der Waals surface area contributed by atoms with Crippen LogP contribution in [-0.4, -0.2) is 37.0 Å². The van der Waals surface area contributed by atoms with Crippen LogP contribution in [0.15, 0.2) is 0 Å². The Morgan fingerprint density at radius 2 is 1.94 bits per heavy atom. The number of hydrogen-bond acceptors (Lipinski definition) is 2. The Balaban J connectivity index is 2.27. The molecule has 0 bridgehead atoms. The maximum absolute atomic E-state index is 11.5. The van der Waals surface area contributed by atoms with Crippen molar-refractivity contribution in [2.24, 2.45) is 5.92 Å². The zero-order valence-electron chi connectivity index (χ0n) is 10.8. The van der Waals surface area contributed by atoms with Crippen LogP contribution in [0.2, 0.25) is 0 Å². The number of rotatable bonds is 6. The van der Waals surface area contributed by atoms with Gasteiger partial charge in [0.15, 0.2) is 0 Å². The van der Waals surface area contributed by atoms with Crippen LogP contribution in [0.5, 0.6) is 0 Å². The van der Waals surface area contributed by atoms with Gasteiger partial charge in [0.05, 0.1) is 6.54 Å². The van der Waals surface area contributed by atoms with E-state index in [-0.39, 0.29) is 5.91 Å². The molecule has 0 atom stereocenters. The summed E-state index contributed by atoms with van der Waals surface area (Å²) in [6.07, 6.45) is 6.86. The number of amides is 1. The summed E-state index contributed by atoms with van der Waals surface area (Å²) in [7, 11) is 0. The van der Waals surface area contributed by atoms with Gasteiger partial charge in [-0.05, 0) is 32.2 Å². The second-order valence-corrected chi connectivity index (χ2v) is 4.79. The molecule has 0 spiro atoms. The summed E-state index contributed by atoms with van der Waals surface area (Å²) in [6.45, 7) is 7.50. The van der Waals surface area contributed by atoms with E-state index in [2.05, 4.69) is 17.1 Å². The Kier molecular flexibility index (Phi) is 6.46. The lowest BCUT2D eigenvalue weighted by atomic mass is 9.89. The molecular weight excluding hydrogens is 200 g/mol. The smallest absolute Gasteiger partial charge is 0.234 e. The van der Waals surface area contributed by atoms with Gasteiger partial charge in [-0.2, -0.15) is 0 Å². The standard InChI is InChI=1S/C13H26N2O/c1-3-14-13(16)11-15(4-2)10-12-8-6-5-7-9-12/h12H,3-11H2,1-2H3,(H,14,16). The van der Waals surface area contributed by atoms with E-state index >= 15 is 0 Å². The molecule has 0 heterocycles. The summed E-state index contributed by atoms with van der Waals surface area (Å²) in [4.78, 5) is 13.8. The lowest BCUT2D eigenvalue weighted by Gasteiger charge is -2.28. The molecule has 1 rings (SSSR count). The number of nitrogens with zero attached hydrogens (tertiary/aromatic N) is 1. The van der Waals surface area contributed by atoms with E-state index in [9.17, 15) is 4.79 Å². The fraction of sp³-hybridized carbons (Fsp3) is 0.923. The van der Waals surface area contributed by atoms with E-state index in [1.807, 2.05) is 6.92 Å². The van der Waals surface area contributed by atoms with Crippen molar-refractivity contribution in [3.05, 3.63) is 0 Å². The van der Waals surface area contributed by atoms with Crippen LogP contribution in [0, 0.1) is 5.92 Å². The maximum Gasteiger partial charge on any atom is 0.234 e. The quantitative estimate of drug-likeness (QED) is 0.751. The van der Waals surface area contributed by atoms with Crippen molar-refractivity contribution < 1.29 is 4.79 Å². The average Bonchev–Trinajstić information content (AvgIpc) is 2.30. The molecule has 1 aliphatic rings. The third kappa shape index (κ3) is 4.97. The van der Waals surface area contributed by atoms with Crippen LogP contribution in [0.25, 0.3) is 0 Å². The van der Waals surface area contributed by atoms with Crippen molar-refractivity contribution in [3.8, 4) is 0 Å². The number of carbonyl (C=O) groups excluding carboxylic acids is 1. The van der Waals surface area contributed by atoms with Crippen molar-refractivity contribution in [1.29, 1.82) is 0 Å². The SMILES string of the molecule is CCNC(=O)CN(CC)CC1CCCCC1. The summed E-state index contributed by atoms with van der Waals surface area (Å²) in [5.74, 6) is 0.989. The number of nitrogens with one attached hydrogen (secondary N) is 1. The van der Waals surface area contributed by atoms with Gasteiger partial charge in [0, 0.05) is 13.1 Å². The number of carbonyl (C=O) groups is 1. The summed E-state index contributed by atoms with van der Waals surface area (Å²) >= 11 is 0. The summed E-state index contributed by atoms with van der Waals surface area (Å²) in [6, 6.07) is 0. The molecule has 3 nitrogen and oxygen atoms in total. The van der Waals surface area contributed by atoms with Crippen molar-refractivity contribution in [2.75, 3.05) is 26.2 Å². The molecule has 94 valence electrons. The van der Waals surface area contributed by atoms with Gasteiger partial charge in [0.2, 0.25) is 5.91 Å². The third-order valence-corrected chi connectivity index (χ3v) is 3.43. The largest absolute Gasteiger partial charge is 0.355 e. The fourth-order valence-corrected chi connectivity index (χ4v) is 2.50. The van der Waals surface area contributed by atoms with Crippen LogP contribution < -0.4 is 5.32 Å². The summed E-state index contributed by atoms with van der Waals surface area (Å²) in [5, 5.41) is 2.87. The van der Waals surface area contributed by atoms with Gasteiger partial charge < -0.3 is 5.32 Å². The summed E-state index contributed by atoms with van der Waals surface area (Å²) < 4.78 is 0. The summed E-state index contributed by atoms with van der Waals surface area (Å²) in [5.41, 5.74) is 0. The molecular formula is C13H26N2O. The molecule has 1 amide bonds. The lowest BCUT2D eigenvalue weighted by Crippen LogP contribution is -2.39. The Morgan fingerprint density at radius 1 is 1.25 bits per heavy atom. The zero-order chi connectivity index (χ0) is 11.8. The highest BCUT2D eigenvalue weighted by Crippen LogP contribution is 2.24. The first kappa shape index (κ1) is 13.5. The van der Waals surface area contributed by atoms with Crippen molar-refractivity contribution in [1.82, 2.24) is 10.2 Å². The molecule has 1 fully saturated rings. The van der Waals surface area contributed by atoms with Gasteiger partial charge in [-0.1, -0.05) is 26.2 Å². The van der Waals surface area contributed by atoms with Gasteiger partial charge >= 0.3 is 0 Å². The zero-order valence-corrected chi connectivity index (χ0v) is 10.8. The first-order valence-corrected chi connectivity index (χ1v) is 6.75. The minimum absolute atomic E-state index is 0.167. The van der Waals surface area contributed by atoms with Gasteiger partial charge in [-0.25, -0.2) is 0 Å². The van der Waals surface area contributed by atoms with Crippen molar-refractivity contribution >= 4 is 5.91 Å². The van der Waals surface area contributed by atoms with Crippen molar-refractivity contribution in [3.63, 3.8) is 0 Å². The Bertz CT molecular complexity index is 200. The molecule has 0 aromatic heterocycles. The topological polar surface area (TPSA) is 32.3 Å². The predicted octanol–water partition coefficient (Wildman–Crippen LogP) is 2.02. The van der Waals surface area contributed by atoms with Gasteiger partial charge in [-0.15, -0.1) is 0 Å². The van der Waals surface area contributed by atoms with E-state index in [1.165, 1.54) is 32.1 Å². The number of likely N-dealkylation sites (N-methyl/N-ethyl adjacent to an activating group) is 2. The minimum atomic E-state index is 0.167. The molecule has 0 aromatic carbocycles. The first-order valence-electron chi connectivity index (χ1n) is 6.75. The normalized spacial score (nSPS) is 17.7. The molecule has 1 N–H and O–H groups in total. The van der Waals surface area contributed by atoms with E-state index in [1.54, 1.807) is 0 Å². The van der Waals surface area contributed by atoms with Crippen LogP contribution in [0.4, 0.5) is 0 Å². The lowest BCUT2D eigenvalue weighted by molar-refractivity contribution is -0.122. The van der Waals surface area contributed by atoms with Gasteiger partial charge in [0.1, 0.15) is 0 Å². The van der Waals surface area contributed by atoms with E-state index < -0.39 is 0 Å². The monoisotopic (exact) mass is 226 g/mol. The molecule has 16 heavy (non-hydrogen) atoms. The molecule has 0 unspecified atom stereocenters. The van der Waals surface area contributed by atoms with Crippen molar-refractivity contribution in [2.45, 2.75) is 46.0 Å². The van der Waals surface area contributed by atoms with Crippen LogP contribution in [0.3, 0.4) is 0 Å². The molecule has 3 heteroatoms. The van der Waals surface area contributed by atoms with E-state index in [0.717, 1.165) is 25.6 Å². The molecule has 0 aliphatic heterocycles. The van der Waals surface area contributed by atoms with Crippen LogP contribution >= 0.6 is 0 Å². The highest BCUT2D eigenvalue weighted by atomic mass is 16.2. The molecule has 0 radical (unpaired) electrons. The minimum Gasteiger partial charge on any atom is -0.355 e. The molecule has 1 aliphatic carbocycles. The fourth-order valence-electron chi connectivity index (χ4n) is 2.50.